The van der Waals surface area contributed by atoms with Crippen LogP contribution in [0.1, 0.15) is 10.5 Å². The maximum absolute atomic E-state index is 13.6. The molecule has 5 rings (SSSR count). The molecule has 0 fully saturated rings. The topological polar surface area (TPSA) is 103 Å². The Kier molecular flexibility index (Phi) is 4.97. The third-order valence-electron chi connectivity index (χ3n) is 5.36. The molecular formula is C23H19F2N7O. The van der Waals surface area contributed by atoms with Crippen molar-refractivity contribution in [3.05, 3.63) is 66.5 Å². The molecule has 0 aliphatic heterocycles. The second kappa shape index (κ2) is 7.97. The summed E-state index contributed by atoms with van der Waals surface area (Å²) < 4.78 is 29.7. The maximum Gasteiger partial charge on any atom is 0.271 e. The van der Waals surface area contributed by atoms with Gasteiger partial charge in [0.25, 0.3) is 5.91 Å². The first-order valence-corrected chi connectivity index (χ1v) is 10.2. The lowest BCUT2D eigenvalue weighted by atomic mass is 10.0. The normalized spacial score (nSPS) is 11.4. The van der Waals surface area contributed by atoms with E-state index in [9.17, 15) is 13.6 Å². The molecule has 0 unspecified atom stereocenters. The predicted octanol–water partition coefficient (Wildman–Crippen LogP) is 3.37. The van der Waals surface area contributed by atoms with Crippen molar-refractivity contribution in [1.29, 1.82) is 0 Å². The SMILES string of the molecule is Cn1cnc2ccc(-c3c(-c4ccc(F)cc4)nc(N)c4nc(C(=O)NCCF)cn34)cc21. The van der Waals surface area contributed by atoms with Crippen LogP contribution in [0.5, 0.6) is 0 Å². The minimum atomic E-state index is -0.687. The van der Waals surface area contributed by atoms with Crippen LogP contribution in [0.4, 0.5) is 14.6 Å². The van der Waals surface area contributed by atoms with E-state index in [4.69, 9.17) is 5.73 Å². The molecule has 0 atom stereocenters. The molecular weight excluding hydrogens is 428 g/mol. The first kappa shape index (κ1) is 20.6. The number of aromatic nitrogens is 5. The Bertz CT molecular complexity index is 1510. The van der Waals surface area contributed by atoms with E-state index in [0.29, 0.717) is 17.0 Å². The van der Waals surface area contributed by atoms with Gasteiger partial charge in [-0.25, -0.2) is 23.7 Å². The number of halogens is 2. The zero-order valence-corrected chi connectivity index (χ0v) is 17.6. The fourth-order valence-corrected chi connectivity index (χ4v) is 3.79. The van der Waals surface area contributed by atoms with E-state index in [2.05, 4.69) is 20.3 Å². The van der Waals surface area contributed by atoms with E-state index in [1.165, 1.54) is 18.3 Å². The van der Waals surface area contributed by atoms with Crippen LogP contribution in [0.2, 0.25) is 0 Å². The van der Waals surface area contributed by atoms with E-state index in [1.807, 2.05) is 29.8 Å². The van der Waals surface area contributed by atoms with Gasteiger partial charge in [0.1, 0.15) is 18.2 Å². The lowest BCUT2D eigenvalue weighted by molar-refractivity contribution is 0.0946. The number of carbonyl (C=O) groups is 1. The van der Waals surface area contributed by atoms with Crippen LogP contribution in [0.25, 0.3) is 39.2 Å². The number of carbonyl (C=O) groups excluding carboxylic acids is 1. The summed E-state index contributed by atoms with van der Waals surface area (Å²) in [7, 11) is 1.89. The molecule has 1 amide bonds. The quantitative estimate of drug-likeness (QED) is 0.430. The molecule has 2 aromatic carbocycles. The van der Waals surface area contributed by atoms with Gasteiger partial charge < -0.3 is 15.6 Å². The van der Waals surface area contributed by atoms with Crippen LogP contribution in [-0.4, -0.2) is 43.0 Å². The fourth-order valence-electron chi connectivity index (χ4n) is 3.79. The number of nitrogen functional groups attached to an aromatic ring is 1. The first-order valence-electron chi connectivity index (χ1n) is 10.2. The highest BCUT2D eigenvalue weighted by molar-refractivity contribution is 5.94. The molecule has 3 aromatic heterocycles. The van der Waals surface area contributed by atoms with E-state index < -0.39 is 12.6 Å². The van der Waals surface area contributed by atoms with Gasteiger partial charge in [-0.1, -0.05) is 6.07 Å². The van der Waals surface area contributed by atoms with Gasteiger partial charge in [0.05, 0.1) is 28.7 Å². The van der Waals surface area contributed by atoms with Crippen LogP contribution >= 0.6 is 0 Å². The van der Waals surface area contributed by atoms with Crippen molar-refractivity contribution >= 4 is 28.4 Å². The molecule has 33 heavy (non-hydrogen) atoms. The number of hydrogen-bond acceptors (Lipinski definition) is 5. The number of nitrogens with two attached hydrogens (primary N) is 1. The lowest BCUT2D eigenvalue weighted by Gasteiger charge is -2.14. The molecule has 0 saturated carbocycles. The van der Waals surface area contributed by atoms with Gasteiger partial charge >= 0.3 is 0 Å². The maximum atomic E-state index is 13.6. The minimum Gasteiger partial charge on any atom is -0.381 e. The molecule has 8 nitrogen and oxygen atoms in total. The number of alkyl halides is 1. The minimum absolute atomic E-state index is 0.0797. The Morgan fingerprint density at radius 3 is 2.64 bits per heavy atom. The number of benzene rings is 2. The highest BCUT2D eigenvalue weighted by atomic mass is 19.1. The largest absolute Gasteiger partial charge is 0.381 e. The smallest absolute Gasteiger partial charge is 0.271 e. The predicted molar refractivity (Wildman–Crippen MR) is 121 cm³/mol. The van der Waals surface area contributed by atoms with Gasteiger partial charge in [-0.2, -0.15) is 0 Å². The number of imidazole rings is 2. The molecule has 0 aliphatic rings. The summed E-state index contributed by atoms with van der Waals surface area (Å²) in [5.74, 6) is -0.795. The van der Waals surface area contributed by atoms with Gasteiger partial charge in [0.15, 0.2) is 11.5 Å². The van der Waals surface area contributed by atoms with Gasteiger partial charge in [-0.15, -0.1) is 0 Å². The van der Waals surface area contributed by atoms with Gasteiger partial charge in [-0.05, 0) is 36.4 Å². The average Bonchev–Trinajstić information content (AvgIpc) is 3.42. The Labute approximate surface area is 186 Å². The zero-order chi connectivity index (χ0) is 23.1. The van der Waals surface area contributed by atoms with Gasteiger partial charge in [-0.3, -0.25) is 9.20 Å². The average molecular weight is 447 g/mol. The Morgan fingerprint density at radius 2 is 1.88 bits per heavy atom. The lowest BCUT2D eigenvalue weighted by Crippen LogP contribution is -2.25. The van der Waals surface area contributed by atoms with E-state index in [-0.39, 0.29) is 29.5 Å². The molecule has 166 valence electrons. The monoisotopic (exact) mass is 447 g/mol. The van der Waals surface area contributed by atoms with Crippen molar-refractivity contribution in [2.75, 3.05) is 19.0 Å². The van der Waals surface area contributed by atoms with Gasteiger partial charge in [0.2, 0.25) is 0 Å². The summed E-state index contributed by atoms with van der Waals surface area (Å²) >= 11 is 0. The number of nitrogens with one attached hydrogen (secondary N) is 1. The van der Waals surface area contributed by atoms with Crippen molar-refractivity contribution in [3.8, 4) is 22.5 Å². The summed E-state index contributed by atoms with van der Waals surface area (Å²) in [6.07, 6.45) is 3.26. The molecule has 0 spiro atoms. The third-order valence-corrected chi connectivity index (χ3v) is 5.36. The summed E-state index contributed by atoms with van der Waals surface area (Å²) in [5, 5.41) is 2.46. The Morgan fingerprint density at radius 1 is 1.12 bits per heavy atom. The van der Waals surface area contributed by atoms with Crippen LogP contribution in [0, 0.1) is 5.82 Å². The van der Waals surface area contributed by atoms with Crippen molar-refractivity contribution < 1.29 is 13.6 Å². The number of fused-ring (bicyclic) bond motifs is 2. The van der Waals surface area contributed by atoms with E-state index in [0.717, 1.165) is 16.6 Å². The number of hydrogen-bond donors (Lipinski definition) is 2. The van der Waals surface area contributed by atoms with Crippen molar-refractivity contribution in [1.82, 2.24) is 29.2 Å². The summed E-state index contributed by atoms with van der Waals surface area (Å²) in [5.41, 5.74) is 10.8. The highest BCUT2D eigenvalue weighted by Gasteiger charge is 2.21. The molecule has 0 aliphatic carbocycles. The number of rotatable bonds is 5. The van der Waals surface area contributed by atoms with Crippen LogP contribution < -0.4 is 11.1 Å². The second-order valence-corrected chi connectivity index (χ2v) is 7.52. The highest BCUT2D eigenvalue weighted by Crippen LogP contribution is 2.34. The summed E-state index contributed by atoms with van der Waals surface area (Å²) in [6.45, 7) is -0.807. The molecule has 10 heteroatoms. The number of anilines is 1. The zero-order valence-electron chi connectivity index (χ0n) is 17.6. The third kappa shape index (κ3) is 3.55. The van der Waals surface area contributed by atoms with E-state index in [1.54, 1.807) is 22.9 Å². The number of aryl methyl sites for hydroxylation is 1. The van der Waals surface area contributed by atoms with E-state index >= 15 is 0 Å². The molecule has 0 saturated heterocycles. The fraction of sp³-hybridized carbons (Fsp3) is 0.130. The van der Waals surface area contributed by atoms with Crippen LogP contribution in [-0.2, 0) is 7.05 Å². The van der Waals surface area contributed by atoms with Crippen LogP contribution in [0.15, 0.2) is 55.0 Å². The molecule has 0 radical (unpaired) electrons. The summed E-state index contributed by atoms with van der Waals surface area (Å²) in [6, 6.07) is 11.6. The standard InChI is InChI=1S/C23H19F2N7O/c1-31-12-28-16-7-4-14(10-18(16)31)20-19(13-2-5-15(25)6-3-13)30-21(26)22-29-17(11-32(20)22)23(33)27-9-8-24/h2-7,10-12H,8-9H2,1H3,(H2,26,30)(H,27,33). The molecule has 3 heterocycles. The molecule has 0 bridgehead atoms. The molecule has 3 N–H and O–H groups in total. The van der Waals surface area contributed by atoms with Crippen LogP contribution in [0.3, 0.4) is 0 Å². The van der Waals surface area contributed by atoms with Crippen molar-refractivity contribution in [2.24, 2.45) is 7.05 Å². The molecule has 5 aromatic rings. The number of nitrogens with zero attached hydrogens (tertiary/aromatic N) is 5. The Balaban J connectivity index is 1.80. The summed E-state index contributed by atoms with van der Waals surface area (Å²) in [4.78, 5) is 25.7. The van der Waals surface area contributed by atoms with Crippen molar-refractivity contribution in [2.45, 2.75) is 0 Å². The van der Waals surface area contributed by atoms with Gasteiger partial charge in [0, 0.05) is 30.9 Å². The first-order chi connectivity index (χ1) is 16.0. The second-order valence-electron chi connectivity index (χ2n) is 7.52. The van der Waals surface area contributed by atoms with Crippen molar-refractivity contribution in [3.63, 3.8) is 0 Å². The number of amides is 1. The Hall–Kier alpha value is -4.34.